The Kier molecular flexibility index (Phi) is 10.7. The van der Waals surface area contributed by atoms with Crippen LogP contribution in [0.5, 0.6) is 0 Å². The van der Waals surface area contributed by atoms with Crippen LogP contribution in [0.3, 0.4) is 0 Å². The zero-order chi connectivity index (χ0) is 12.0. The van der Waals surface area contributed by atoms with Gasteiger partial charge in [-0.25, -0.2) is 10.8 Å². The van der Waals surface area contributed by atoms with E-state index in [1.54, 1.807) is 13.0 Å². The van der Waals surface area contributed by atoms with Gasteiger partial charge in [-0.05, 0) is 31.0 Å². The third-order valence-electron chi connectivity index (χ3n) is 2.55. The van der Waals surface area contributed by atoms with E-state index in [-0.39, 0.29) is 42.8 Å². The van der Waals surface area contributed by atoms with Gasteiger partial charge in [0, 0.05) is 0 Å². The summed E-state index contributed by atoms with van der Waals surface area (Å²) in [6.07, 6.45) is 0.742. The van der Waals surface area contributed by atoms with Crippen molar-refractivity contribution < 1.29 is 35.5 Å². The van der Waals surface area contributed by atoms with Crippen molar-refractivity contribution in [3.8, 4) is 0 Å². The summed E-state index contributed by atoms with van der Waals surface area (Å²) in [4.78, 5) is 0. The molecular weight excluding hydrogens is 425 g/mol. The van der Waals surface area contributed by atoms with Gasteiger partial charge in [-0.3, -0.25) is 0 Å². The van der Waals surface area contributed by atoms with Crippen LogP contribution >= 0.6 is 0 Å². The maximum atomic E-state index is 13.1. The Balaban J connectivity index is 0. The first kappa shape index (κ1) is 18.6. The fourth-order valence-electron chi connectivity index (χ4n) is 1.41. The van der Waals surface area contributed by atoms with Crippen molar-refractivity contribution in [2.24, 2.45) is 0 Å². The first-order chi connectivity index (χ1) is 7.07. The Morgan fingerprint density at radius 1 is 1.19 bits per heavy atom. The number of rotatable bonds is 2. The van der Waals surface area contributed by atoms with Crippen LogP contribution in [0.2, 0.25) is 0 Å². The molecule has 1 aromatic rings. The number of hydrogen-bond acceptors (Lipinski definition) is 0. The van der Waals surface area contributed by atoms with Crippen LogP contribution in [0.25, 0.3) is 0 Å². The number of halogens is 1. The first-order valence-corrected chi connectivity index (χ1v) is 5.45. The molecule has 16 heavy (non-hydrogen) atoms. The fraction of sp³-hybridized carbons (Fsp3) is 0.429. The van der Waals surface area contributed by atoms with Gasteiger partial charge in [0.05, 0.1) is 0 Å². The van der Waals surface area contributed by atoms with Gasteiger partial charge >= 0.3 is 31.1 Å². The molecule has 0 amide bonds. The normalized spacial score (nSPS) is 10.9. The van der Waals surface area contributed by atoms with Gasteiger partial charge in [-0.15, -0.1) is 0 Å². The molecule has 88 valence electrons. The van der Waals surface area contributed by atoms with E-state index in [0.29, 0.717) is 0 Å². The summed E-state index contributed by atoms with van der Waals surface area (Å²) in [5.74, 6) is 0.0248. The average Bonchev–Trinajstić information content (AvgIpc) is 2.28. The smallest absolute Gasteiger partial charge is 0.345 e. The van der Waals surface area contributed by atoms with Crippen LogP contribution in [-0.2, 0) is 0 Å². The summed E-state index contributed by atoms with van der Waals surface area (Å²) in [7, 11) is 0. The predicted molar refractivity (Wildman–Crippen MR) is 65.3 cm³/mol. The minimum Gasteiger partial charge on any atom is -0.345 e. The molecule has 0 aromatic heterocycles. The standard InChI is InChI=1S/C12H15F.C2H6.U/c1-5-8(2)11-6-7-12(13)10(4)9(11)3;1-2;/h6-8H,1-2,5H2,3-4H3;1-2H3;/q-2;;+2. The Bertz CT molecular complexity index is 308. The molecule has 0 nitrogen and oxygen atoms in total. The Hall–Kier alpha value is 0.202. The molecule has 0 N–H and O–H groups in total. The van der Waals surface area contributed by atoms with Gasteiger partial charge in [0.1, 0.15) is 5.82 Å². The van der Waals surface area contributed by atoms with Crippen LogP contribution in [0.15, 0.2) is 12.1 Å². The molecule has 0 spiro atoms. The van der Waals surface area contributed by atoms with Gasteiger partial charge in [0.15, 0.2) is 0 Å². The summed E-state index contributed by atoms with van der Waals surface area (Å²) >= 11 is 0. The fourth-order valence-corrected chi connectivity index (χ4v) is 1.41. The first-order valence-electron chi connectivity index (χ1n) is 5.45. The van der Waals surface area contributed by atoms with Crippen molar-refractivity contribution in [2.45, 2.75) is 40.0 Å². The van der Waals surface area contributed by atoms with Crippen LogP contribution < -0.4 is 0 Å². The van der Waals surface area contributed by atoms with Gasteiger partial charge in [0.25, 0.3) is 0 Å². The zero-order valence-electron chi connectivity index (χ0n) is 10.7. The van der Waals surface area contributed by atoms with Crippen LogP contribution in [-0.4, -0.2) is 0 Å². The Morgan fingerprint density at radius 3 is 2.12 bits per heavy atom. The summed E-state index contributed by atoms with van der Waals surface area (Å²) < 4.78 is 13.1. The van der Waals surface area contributed by atoms with E-state index in [4.69, 9.17) is 0 Å². The van der Waals surface area contributed by atoms with Crippen molar-refractivity contribution in [3.63, 3.8) is 0 Å². The van der Waals surface area contributed by atoms with E-state index < -0.39 is 0 Å². The molecule has 0 saturated carbocycles. The van der Waals surface area contributed by atoms with E-state index in [1.165, 1.54) is 6.07 Å². The second kappa shape index (κ2) is 9.25. The molecule has 0 saturated heterocycles. The molecule has 2 heteroatoms. The molecular formula is C14H21FU. The quantitative estimate of drug-likeness (QED) is 0.583. The molecule has 1 rings (SSSR count). The van der Waals surface area contributed by atoms with Gasteiger partial charge < -0.3 is 13.8 Å². The van der Waals surface area contributed by atoms with E-state index in [9.17, 15) is 4.39 Å². The second-order valence-corrected chi connectivity index (χ2v) is 3.37. The summed E-state index contributed by atoms with van der Waals surface area (Å²) in [5, 5.41) is 0. The molecule has 0 fully saturated rings. The van der Waals surface area contributed by atoms with Crippen molar-refractivity contribution in [1.29, 1.82) is 0 Å². The van der Waals surface area contributed by atoms with E-state index in [2.05, 4.69) is 13.8 Å². The van der Waals surface area contributed by atoms with Gasteiger partial charge in [-0.2, -0.15) is 5.92 Å². The third kappa shape index (κ3) is 4.60. The summed E-state index contributed by atoms with van der Waals surface area (Å²) in [6.45, 7) is 15.5. The van der Waals surface area contributed by atoms with Crippen LogP contribution in [0, 0.1) is 64.6 Å². The average molecular weight is 446 g/mol. The molecule has 0 aliphatic carbocycles. The predicted octanol–water partition coefficient (Wildman–Crippen LogP) is 4.61. The zero-order valence-corrected chi connectivity index (χ0v) is 14.9. The molecule has 0 radical (unpaired) electrons. The molecule has 1 atom stereocenters. The molecule has 0 aliphatic heterocycles. The van der Waals surface area contributed by atoms with E-state index >= 15 is 0 Å². The Labute approximate surface area is 123 Å². The van der Waals surface area contributed by atoms with Crippen molar-refractivity contribution in [1.82, 2.24) is 0 Å². The monoisotopic (exact) mass is 446 g/mol. The minimum atomic E-state index is -0.141. The molecule has 1 aromatic carbocycles. The largest absolute Gasteiger partial charge is 2.00 e. The summed E-state index contributed by atoms with van der Waals surface area (Å²) in [5.41, 5.74) is 2.83. The minimum absolute atomic E-state index is 0. The maximum absolute atomic E-state index is 13.1. The van der Waals surface area contributed by atoms with E-state index in [1.807, 2.05) is 20.8 Å². The van der Waals surface area contributed by atoms with E-state index in [0.717, 1.165) is 23.1 Å². The van der Waals surface area contributed by atoms with Crippen molar-refractivity contribution in [2.75, 3.05) is 0 Å². The third-order valence-corrected chi connectivity index (χ3v) is 2.55. The molecule has 0 aliphatic rings. The molecule has 0 bridgehead atoms. The molecule has 1 unspecified atom stereocenters. The number of hydrogen-bond donors (Lipinski definition) is 0. The van der Waals surface area contributed by atoms with Crippen molar-refractivity contribution >= 4 is 0 Å². The Morgan fingerprint density at radius 2 is 1.69 bits per heavy atom. The number of benzene rings is 1. The van der Waals surface area contributed by atoms with Gasteiger partial charge in [0.2, 0.25) is 0 Å². The van der Waals surface area contributed by atoms with Crippen LogP contribution in [0.4, 0.5) is 4.39 Å². The molecule has 0 heterocycles. The SMILES string of the molecule is CC.[CH2-]CC([CH2-])c1ccc(F)c(C)c1C.[U+2]. The van der Waals surface area contributed by atoms with Crippen molar-refractivity contribution in [3.05, 3.63) is 48.5 Å². The summed E-state index contributed by atoms with van der Waals surface area (Å²) in [6, 6.07) is 3.31. The van der Waals surface area contributed by atoms with Gasteiger partial charge in [-0.1, -0.05) is 25.5 Å². The topological polar surface area (TPSA) is 0 Å². The second-order valence-electron chi connectivity index (χ2n) is 3.37. The van der Waals surface area contributed by atoms with Crippen LogP contribution in [0.1, 0.15) is 42.9 Å². The maximum Gasteiger partial charge on any atom is 2.00 e.